The van der Waals surface area contributed by atoms with Gasteiger partial charge in [-0.25, -0.2) is 4.98 Å². The van der Waals surface area contributed by atoms with E-state index in [2.05, 4.69) is 11.1 Å². The molecule has 0 aliphatic carbocycles. The number of rotatable bonds is 6. The third-order valence-electron chi connectivity index (χ3n) is 2.53. The molecular weight excluding hydrogens is 236 g/mol. The Kier molecular flexibility index (Phi) is 4.44. The lowest BCUT2D eigenvalue weighted by atomic mass is 10.3. The number of fused-ring (bicyclic) bond motifs is 1. The molecule has 0 bridgehead atoms. The van der Waals surface area contributed by atoms with Crippen LogP contribution in [0.2, 0.25) is 0 Å². The van der Waals surface area contributed by atoms with Gasteiger partial charge in [-0.2, -0.15) is 0 Å². The van der Waals surface area contributed by atoms with Crippen molar-refractivity contribution in [1.29, 1.82) is 0 Å². The minimum absolute atomic E-state index is 0.102. The molecule has 1 aromatic carbocycles. The van der Waals surface area contributed by atoms with Gasteiger partial charge in [0.1, 0.15) is 5.01 Å². The normalized spacial score (nSPS) is 11.5. The molecule has 2 N–H and O–H groups in total. The molecule has 0 saturated heterocycles. The smallest absolute Gasteiger partial charge is 0.108 e. The molecule has 0 fully saturated rings. The van der Waals surface area contributed by atoms with Gasteiger partial charge >= 0.3 is 0 Å². The second kappa shape index (κ2) is 6.07. The van der Waals surface area contributed by atoms with Crippen LogP contribution in [-0.2, 0) is 6.54 Å². The van der Waals surface area contributed by atoms with E-state index in [0.717, 1.165) is 10.5 Å². The van der Waals surface area contributed by atoms with Gasteiger partial charge < -0.3 is 10.2 Å². The first-order valence-corrected chi connectivity index (χ1v) is 6.43. The fourth-order valence-electron chi connectivity index (χ4n) is 1.73. The lowest BCUT2D eigenvalue weighted by Crippen LogP contribution is -2.29. The Balaban J connectivity index is 2.10. The number of para-hydroxylation sites is 1. The fourth-order valence-corrected chi connectivity index (χ4v) is 2.74. The number of nitrogens with zero attached hydrogens (tertiary/aromatic N) is 2. The highest BCUT2D eigenvalue weighted by Gasteiger charge is 2.08. The summed E-state index contributed by atoms with van der Waals surface area (Å²) >= 11 is 1.66. The monoisotopic (exact) mass is 252 g/mol. The van der Waals surface area contributed by atoms with Gasteiger partial charge in [0.25, 0.3) is 0 Å². The first-order chi connectivity index (χ1) is 8.33. The maximum Gasteiger partial charge on any atom is 0.108 e. The molecule has 0 spiro atoms. The van der Waals surface area contributed by atoms with E-state index >= 15 is 0 Å². The number of aliphatic hydroxyl groups excluding tert-OH is 2. The van der Waals surface area contributed by atoms with E-state index in [0.29, 0.717) is 19.6 Å². The summed E-state index contributed by atoms with van der Waals surface area (Å²) in [6.45, 7) is 2.02. The highest BCUT2D eigenvalue weighted by molar-refractivity contribution is 7.18. The Morgan fingerprint density at radius 3 is 2.47 bits per heavy atom. The number of thiazole rings is 1. The van der Waals surface area contributed by atoms with Crippen molar-refractivity contribution in [3.05, 3.63) is 29.3 Å². The number of aromatic nitrogens is 1. The topological polar surface area (TPSA) is 56.6 Å². The van der Waals surface area contributed by atoms with Gasteiger partial charge in [-0.15, -0.1) is 11.3 Å². The third kappa shape index (κ3) is 3.23. The Morgan fingerprint density at radius 2 is 1.82 bits per heavy atom. The Labute approximate surface area is 104 Å². The highest BCUT2D eigenvalue weighted by Crippen LogP contribution is 2.22. The molecule has 0 unspecified atom stereocenters. The summed E-state index contributed by atoms with van der Waals surface area (Å²) in [6, 6.07) is 8.03. The SMILES string of the molecule is OCCN(CCO)Cc1nc2ccccc2s1. The van der Waals surface area contributed by atoms with Crippen LogP contribution in [0.1, 0.15) is 5.01 Å². The van der Waals surface area contributed by atoms with Crippen LogP contribution >= 0.6 is 11.3 Å². The van der Waals surface area contributed by atoms with Gasteiger partial charge in [0.05, 0.1) is 30.0 Å². The van der Waals surface area contributed by atoms with Crippen LogP contribution in [0, 0.1) is 0 Å². The third-order valence-corrected chi connectivity index (χ3v) is 3.55. The van der Waals surface area contributed by atoms with Gasteiger partial charge in [-0.1, -0.05) is 12.1 Å². The van der Waals surface area contributed by atoms with Crippen LogP contribution in [-0.4, -0.2) is 46.4 Å². The maximum absolute atomic E-state index is 8.94. The lowest BCUT2D eigenvalue weighted by molar-refractivity contribution is 0.156. The van der Waals surface area contributed by atoms with Gasteiger partial charge in [0, 0.05) is 13.1 Å². The van der Waals surface area contributed by atoms with Gasteiger partial charge in [0.2, 0.25) is 0 Å². The highest BCUT2D eigenvalue weighted by atomic mass is 32.1. The van der Waals surface area contributed by atoms with Gasteiger partial charge in [-0.3, -0.25) is 4.90 Å². The van der Waals surface area contributed by atoms with Crippen molar-refractivity contribution >= 4 is 21.6 Å². The number of hydrogen-bond acceptors (Lipinski definition) is 5. The second-order valence-electron chi connectivity index (χ2n) is 3.80. The molecule has 0 aliphatic heterocycles. The minimum atomic E-state index is 0.102. The van der Waals surface area contributed by atoms with E-state index < -0.39 is 0 Å². The second-order valence-corrected chi connectivity index (χ2v) is 4.91. The van der Waals surface area contributed by atoms with Crippen molar-refractivity contribution in [3.8, 4) is 0 Å². The molecule has 0 radical (unpaired) electrons. The van der Waals surface area contributed by atoms with E-state index in [9.17, 15) is 0 Å². The summed E-state index contributed by atoms with van der Waals surface area (Å²) < 4.78 is 1.18. The van der Waals surface area contributed by atoms with Crippen LogP contribution in [0.25, 0.3) is 10.2 Å². The maximum atomic E-state index is 8.94. The summed E-state index contributed by atoms with van der Waals surface area (Å²) in [5, 5.41) is 18.9. The van der Waals surface area contributed by atoms with Crippen molar-refractivity contribution in [2.24, 2.45) is 0 Å². The standard InChI is InChI=1S/C12H16N2O2S/c15-7-5-14(6-8-16)9-12-13-10-3-1-2-4-11(10)17-12/h1-4,15-16H,5-9H2. The first-order valence-electron chi connectivity index (χ1n) is 5.62. The molecule has 1 aromatic heterocycles. The summed E-state index contributed by atoms with van der Waals surface area (Å²) in [7, 11) is 0. The number of benzene rings is 1. The number of aliphatic hydroxyl groups is 2. The van der Waals surface area contributed by atoms with Crippen LogP contribution in [0.3, 0.4) is 0 Å². The van der Waals surface area contributed by atoms with Crippen molar-refractivity contribution in [1.82, 2.24) is 9.88 Å². The average Bonchev–Trinajstić information content (AvgIpc) is 2.71. The average molecular weight is 252 g/mol. The first kappa shape index (κ1) is 12.4. The van der Waals surface area contributed by atoms with E-state index in [-0.39, 0.29) is 13.2 Å². The number of hydrogen-bond donors (Lipinski definition) is 2. The molecule has 17 heavy (non-hydrogen) atoms. The Morgan fingerprint density at radius 1 is 1.12 bits per heavy atom. The van der Waals surface area contributed by atoms with E-state index in [1.807, 2.05) is 23.1 Å². The molecule has 4 nitrogen and oxygen atoms in total. The zero-order chi connectivity index (χ0) is 12.1. The summed E-state index contributed by atoms with van der Waals surface area (Å²) in [5.41, 5.74) is 1.01. The predicted molar refractivity (Wildman–Crippen MR) is 69.1 cm³/mol. The van der Waals surface area contributed by atoms with Crippen molar-refractivity contribution in [2.75, 3.05) is 26.3 Å². The molecule has 0 saturated carbocycles. The molecule has 5 heteroatoms. The fraction of sp³-hybridized carbons (Fsp3) is 0.417. The molecular formula is C12H16N2O2S. The molecule has 0 aliphatic rings. The van der Waals surface area contributed by atoms with Gasteiger partial charge in [-0.05, 0) is 12.1 Å². The zero-order valence-corrected chi connectivity index (χ0v) is 10.4. The van der Waals surface area contributed by atoms with Gasteiger partial charge in [0.15, 0.2) is 0 Å². The quantitative estimate of drug-likeness (QED) is 0.808. The molecule has 92 valence electrons. The zero-order valence-electron chi connectivity index (χ0n) is 9.54. The summed E-state index contributed by atoms with van der Waals surface area (Å²) in [6.07, 6.45) is 0. The Hall–Kier alpha value is -1.01. The summed E-state index contributed by atoms with van der Waals surface area (Å²) in [5.74, 6) is 0. The van der Waals surface area contributed by atoms with Crippen LogP contribution in [0.5, 0.6) is 0 Å². The van der Waals surface area contributed by atoms with Crippen LogP contribution in [0.15, 0.2) is 24.3 Å². The van der Waals surface area contributed by atoms with E-state index in [1.165, 1.54) is 4.70 Å². The molecule has 2 rings (SSSR count). The summed E-state index contributed by atoms with van der Waals surface area (Å²) in [4.78, 5) is 6.53. The minimum Gasteiger partial charge on any atom is -0.395 e. The van der Waals surface area contributed by atoms with Crippen molar-refractivity contribution < 1.29 is 10.2 Å². The van der Waals surface area contributed by atoms with Crippen molar-refractivity contribution in [3.63, 3.8) is 0 Å². The molecule has 2 aromatic rings. The van der Waals surface area contributed by atoms with Crippen LogP contribution in [0.4, 0.5) is 0 Å². The van der Waals surface area contributed by atoms with Crippen molar-refractivity contribution in [2.45, 2.75) is 6.54 Å². The molecule has 0 amide bonds. The van der Waals surface area contributed by atoms with E-state index in [1.54, 1.807) is 11.3 Å². The molecule has 0 atom stereocenters. The van der Waals surface area contributed by atoms with E-state index in [4.69, 9.17) is 10.2 Å². The Bertz CT molecular complexity index is 433. The predicted octanol–water partition coefficient (Wildman–Crippen LogP) is 1.08. The molecule has 1 heterocycles. The lowest BCUT2D eigenvalue weighted by Gasteiger charge is -2.18. The van der Waals surface area contributed by atoms with Crippen LogP contribution < -0.4 is 0 Å². The largest absolute Gasteiger partial charge is 0.395 e.